The second kappa shape index (κ2) is 13.3. The molecule has 0 aromatic rings. The molecule has 0 aliphatic carbocycles. The maximum absolute atomic E-state index is 12.4. The van der Waals surface area contributed by atoms with Crippen molar-refractivity contribution in [1.29, 1.82) is 0 Å². The summed E-state index contributed by atoms with van der Waals surface area (Å²) >= 11 is 1.40. The summed E-state index contributed by atoms with van der Waals surface area (Å²) in [5.74, 6) is -3.61. The molecule has 0 aliphatic rings. The average molecular weight is 424 g/mol. The van der Waals surface area contributed by atoms with Gasteiger partial charge in [0.2, 0.25) is 17.7 Å². The van der Waals surface area contributed by atoms with E-state index in [0.717, 1.165) is 6.92 Å². The standard InChI is InChI=1S/C15H28N4O8S/c1-7(22)11(15(26)27)19-14(25)10(6-21)18-13(24)9(3-4-28-2)17-12(23)8(16)5-20/h7-11,20-22H,3-6,16H2,1-2H3,(H,17,23)(H,18,24)(H,19,25)(H,26,27). The van der Waals surface area contributed by atoms with Crippen molar-refractivity contribution in [3.8, 4) is 0 Å². The molecule has 9 N–H and O–H groups in total. The lowest BCUT2D eigenvalue weighted by molar-refractivity contribution is -0.145. The highest BCUT2D eigenvalue weighted by molar-refractivity contribution is 7.98. The van der Waals surface area contributed by atoms with Crippen LogP contribution in [-0.4, -0.2) is 99.6 Å². The van der Waals surface area contributed by atoms with Gasteiger partial charge in [0.25, 0.3) is 0 Å². The van der Waals surface area contributed by atoms with Gasteiger partial charge in [-0.3, -0.25) is 14.4 Å². The molecule has 0 bridgehead atoms. The Morgan fingerprint density at radius 3 is 1.93 bits per heavy atom. The topological polar surface area (TPSA) is 211 Å². The van der Waals surface area contributed by atoms with Crippen molar-refractivity contribution in [2.75, 3.05) is 25.2 Å². The molecule has 12 nitrogen and oxygen atoms in total. The molecule has 5 unspecified atom stereocenters. The van der Waals surface area contributed by atoms with Gasteiger partial charge in [0, 0.05) is 0 Å². The van der Waals surface area contributed by atoms with Crippen LogP contribution in [0.15, 0.2) is 0 Å². The number of nitrogens with two attached hydrogens (primary N) is 1. The average Bonchev–Trinajstić information content (AvgIpc) is 2.65. The van der Waals surface area contributed by atoms with Crippen molar-refractivity contribution < 1.29 is 39.6 Å². The Morgan fingerprint density at radius 2 is 1.50 bits per heavy atom. The maximum Gasteiger partial charge on any atom is 0.328 e. The molecule has 0 rings (SSSR count). The predicted molar refractivity (Wildman–Crippen MR) is 100 cm³/mol. The van der Waals surface area contributed by atoms with Crippen molar-refractivity contribution in [3.63, 3.8) is 0 Å². The van der Waals surface area contributed by atoms with E-state index in [4.69, 9.17) is 15.9 Å². The Kier molecular flexibility index (Phi) is 12.4. The van der Waals surface area contributed by atoms with E-state index in [1.165, 1.54) is 11.8 Å². The third kappa shape index (κ3) is 8.84. The highest BCUT2D eigenvalue weighted by Crippen LogP contribution is 2.03. The minimum atomic E-state index is -1.63. The van der Waals surface area contributed by atoms with E-state index in [2.05, 4.69) is 10.6 Å². The first-order chi connectivity index (χ1) is 13.1. The van der Waals surface area contributed by atoms with Crippen LogP contribution >= 0.6 is 11.8 Å². The summed E-state index contributed by atoms with van der Waals surface area (Å²) in [6.45, 7) is -0.312. The molecule has 0 heterocycles. The molecule has 0 radical (unpaired) electrons. The third-order valence-corrected chi connectivity index (χ3v) is 4.28. The van der Waals surface area contributed by atoms with Gasteiger partial charge >= 0.3 is 5.97 Å². The highest BCUT2D eigenvalue weighted by Gasteiger charge is 2.31. The fourth-order valence-corrected chi connectivity index (χ4v) is 2.45. The first-order valence-corrected chi connectivity index (χ1v) is 9.76. The monoisotopic (exact) mass is 424 g/mol. The number of hydrogen-bond acceptors (Lipinski definition) is 9. The van der Waals surface area contributed by atoms with Crippen LogP contribution in [-0.2, 0) is 19.2 Å². The molecule has 0 aromatic heterocycles. The Morgan fingerprint density at radius 1 is 0.964 bits per heavy atom. The van der Waals surface area contributed by atoms with Crippen LogP contribution in [0.5, 0.6) is 0 Å². The fraction of sp³-hybridized carbons (Fsp3) is 0.733. The van der Waals surface area contributed by atoms with Crippen molar-refractivity contribution in [3.05, 3.63) is 0 Å². The first-order valence-electron chi connectivity index (χ1n) is 8.37. The molecule has 13 heteroatoms. The molecule has 0 aliphatic heterocycles. The fourth-order valence-electron chi connectivity index (χ4n) is 1.98. The van der Waals surface area contributed by atoms with E-state index in [1.807, 2.05) is 5.32 Å². The van der Waals surface area contributed by atoms with Crippen molar-refractivity contribution in [1.82, 2.24) is 16.0 Å². The number of rotatable bonds is 13. The zero-order valence-corrected chi connectivity index (χ0v) is 16.4. The molecule has 162 valence electrons. The van der Waals surface area contributed by atoms with E-state index < -0.39 is 67.2 Å². The smallest absolute Gasteiger partial charge is 0.328 e. The summed E-state index contributed by atoms with van der Waals surface area (Å²) in [6, 6.07) is -5.46. The summed E-state index contributed by atoms with van der Waals surface area (Å²) in [6.07, 6.45) is 0.551. The molecule has 0 aromatic carbocycles. The van der Waals surface area contributed by atoms with Crippen LogP contribution in [0, 0.1) is 0 Å². The summed E-state index contributed by atoms with van der Waals surface area (Å²) in [7, 11) is 0. The van der Waals surface area contributed by atoms with Gasteiger partial charge in [-0.1, -0.05) is 0 Å². The van der Waals surface area contributed by atoms with E-state index in [0.29, 0.717) is 5.75 Å². The summed E-state index contributed by atoms with van der Waals surface area (Å²) in [5.41, 5.74) is 5.40. The van der Waals surface area contributed by atoms with Gasteiger partial charge in [-0.15, -0.1) is 0 Å². The number of aliphatic hydroxyl groups is 3. The number of carboxylic acid groups (broad SMARTS) is 1. The number of carbonyl (C=O) groups is 4. The zero-order valence-electron chi connectivity index (χ0n) is 15.6. The second-order valence-corrected chi connectivity index (χ2v) is 6.93. The van der Waals surface area contributed by atoms with Gasteiger partial charge in [-0.25, -0.2) is 4.79 Å². The van der Waals surface area contributed by atoms with E-state index in [1.54, 1.807) is 6.26 Å². The van der Waals surface area contributed by atoms with E-state index in [-0.39, 0.29) is 6.42 Å². The molecule has 0 saturated carbocycles. The quantitative estimate of drug-likeness (QED) is 0.143. The lowest BCUT2D eigenvalue weighted by Crippen LogP contribution is -2.59. The number of thioether (sulfide) groups is 1. The van der Waals surface area contributed by atoms with Crippen molar-refractivity contribution in [2.45, 2.75) is 43.6 Å². The molecular weight excluding hydrogens is 396 g/mol. The summed E-state index contributed by atoms with van der Waals surface area (Å²) in [4.78, 5) is 47.4. The van der Waals surface area contributed by atoms with Gasteiger partial charge in [0.15, 0.2) is 6.04 Å². The number of carboxylic acids is 1. The Bertz CT molecular complexity index is 548. The van der Waals surface area contributed by atoms with Crippen LogP contribution in [0.4, 0.5) is 0 Å². The van der Waals surface area contributed by atoms with Gasteiger partial charge in [0.05, 0.1) is 19.3 Å². The molecular formula is C15H28N4O8S. The van der Waals surface area contributed by atoms with Crippen LogP contribution in [0.25, 0.3) is 0 Å². The normalized spacial score (nSPS) is 16.2. The predicted octanol–water partition coefficient (Wildman–Crippen LogP) is -4.03. The minimum Gasteiger partial charge on any atom is -0.480 e. The lowest BCUT2D eigenvalue weighted by atomic mass is 10.1. The summed E-state index contributed by atoms with van der Waals surface area (Å²) < 4.78 is 0. The zero-order chi connectivity index (χ0) is 21.9. The minimum absolute atomic E-state index is 0.183. The number of nitrogens with one attached hydrogen (secondary N) is 3. The van der Waals surface area contributed by atoms with E-state index >= 15 is 0 Å². The van der Waals surface area contributed by atoms with Crippen molar-refractivity contribution in [2.24, 2.45) is 5.73 Å². The number of hydrogen-bond donors (Lipinski definition) is 8. The summed E-state index contributed by atoms with van der Waals surface area (Å²) in [5, 5.41) is 43.3. The molecule has 0 fully saturated rings. The lowest BCUT2D eigenvalue weighted by Gasteiger charge is -2.24. The largest absolute Gasteiger partial charge is 0.480 e. The molecule has 28 heavy (non-hydrogen) atoms. The molecule has 0 spiro atoms. The van der Waals surface area contributed by atoms with Gasteiger partial charge in [0.1, 0.15) is 18.1 Å². The van der Waals surface area contributed by atoms with Crippen LogP contribution in [0.3, 0.4) is 0 Å². The van der Waals surface area contributed by atoms with Gasteiger partial charge in [-0.2, -0.15) is 11.8 Å². The van der Waals surface area contributed by atoms with Crippen LogP contribution in [0.2, 0.25) is 0 Å². The molecule has 0 saturated heterocycles. The van der Waals surface area contributed by atoms with Crippen LogP contribution < -0.4 is 21.7 Å². The first kappa shape index (κ1) is 26.1. The van der Waals surface area contributed by atoms with Gasteiger partial charge in [-0.05, 0) is 25.4 Å². The highest BCUT2D eigenvalue weighted by atomic mass is 32.2. The Labute approximate surface area is 166 Å². The second-order valence-electron chi connectivity index (χ2n) is 5.94. The number of aliphatic hydroxyl groups excluding tert-OH is 3. The molecule has 3 amide bonds. The van der Waals surface area contributed by atoms with Crippen LogP contribution in [0.1, 0.15) is 13.3 Å². The maximum atomic E-state index is 12.4. The Hall–Kier alpha value is -1.93. The molecule has 5 atom stereocenters. The van der Waals surface area contributed by atoms with E-state index in [9.17, 15) is 29.4 Å². The Balaban J connectivity index is 5.13. The number of aliphatic carboxylic acids is 1. The SMILES string of the molecule is CSCCC(NC(=O)C(N)CO)C(=O)NC(CO)C(=O)NC(C(=O)O)C(C)O. The third-order valence-electron chi connectivity index (χ3n) is 3.64. The van der Waals surface area contributed by atoms with Gasteiger partial charge < -0.3 is 42.1 Å². The number of amides is 3. The van der Waals surface area contributed by atoms with Crippen molar-refractivity contribution >= 4 is 35.5 Å². The number of carbonyl (C=O) groups excluding carboxylic acids is 3.